The van der Waals surface area contributed by atoms with Crippen LogP contribution in [0.15, 0.2) is 11.6 Å². The molecule has 1 atom stereocenters. The normalized spacial score (nSPS) is 14.4. The Kier molecular flexibility index (Phi) is 8.04. The van der Waals surface area contributed by atoms with E-state index in [0.717, 1.165) is 11.1 Å². The molecule has 160 valence electrons. The first kappa shape index (κ1) is 22.7. The van der Waals surface area contributed by atoms with Gasteiger partial charge in [0.15, 0.2) is 0 Å². The smallest absolute Gasteiger partial charge is 0.342 e. The number of hydrogen-bond donors (Lipinski definition) is 1. The van der Waals surface area contributed by atoms with Crippen LogP contribution in [0.3, 0.4) is 0 Å². The minimum Gasteiger partial charge on any atom is -0.496 e. The van der Waals surface area contributed by atoms with Crippen LogP contribution in [0.5, 0.6) is 11.5 Å². The van der Waals surface area contributed by atoms with Gasteiger partial charge in [0.2, 0.25) is 0 Å². The highest BCUT2D eigenvalue weighted by Crippen LogP contribution is 2.43. The Morgan fingerprint density at radius 1 is 1.28 bits per heavy atom. The molecule has 0 amide bonds. The maximum absolute atomic E-state index is 12.4. The fourth-order valence-electron chi connectivity index (χ4n) is 3.20. The number of carbonyl (C=O) groups is 2. The van der Waals surface area contributed by atoms with E-state index in [9.17, 15) is 9.59 Å². The number of aliphatic carboxylic acids is 1. The third kappa shape index (κ3) is 5.27. The van der Waals surface area contributed by atoms with Gasteiger partial charge in [0.1, 0.15) is 23.7 Å². The zero-order valence-corrected chi connectivity index (χ0v) is 17.5. The Morgan fingerprint density at radius 3 is 2.59 bits per heavy atom. The molecule has 0 bridgehead atoms. The lowest BCUT2D eigenvalue weighted by Crippen LogP contribution is -2.24. The second kappa shape index (κ2) is 10.3. The van der Waals surface area contributed by atoms with Crippen molar-refractivity contribution in [3.63, 3.8) is 0 Å². The molecule has 1 aromatic rings. The Hall–Kier alpha value is -2.58. The van der Waals surface area contributed by atoms with Crippen LogP contribution in [0, 0.1) is 6.92 Å². The molecule has 1 N–H and O–H groups in total. The lowest BCUT2D eigenvalue weighted by Gasteiger charge is -2.23. The van der Waals surface area contributed by atoms with Crippen LogP contribution in [-0.2, 0) is 32.0 Å². The number of carboxylic acids is 1. The number of methoxy groups -OCH3 is 2. The molecule has 0 saturated heterocycles. The lowest BCUT2D eigenvalue weighted by atomic mass is 9.94. The summed E-state index contributed by atoms with van der Waals surface area (Å²) in [4.78, 5) is 23.2. The van der Waals surface area contributed by atoms with Crippen molar-refractivity contribution in [2.45, 2.75) is 53.1 Å². The highest BCUT2D eigenvalue weighted by Gasteiger charge is 2.34. The maximum atomic E-state index is 12.4. The van der Waals surface area contributed by atoms with Crippen LogP contribution < -0.4 is 9.47 Å². The third-order valence-electron chi connectivity index (χ3n) is 4.72. The van der Waals surface area contributed by atoms with E-state index in [0.29, 0.717) is 47.6 Å². The summed E-state index contributed by atoms with van der Waals surface area (Å²) in [6.45, 7) is 5.04. The summed E-state index contributed by atoms with van der Waals surface area (Å²) in [5.74, 6) is -0.437. The van der Waals surface area contributed by atoms with E-state index < -0.39 is 18.4 Å². The predicted octanol–water partition coefficient (Wildman–Crippen LogP) is 3.37. The molecule has 2 rings (SSSR count). The van der Waals surface area contributed by atoms with Crippen LogP contribution in [0.2, 0.25) is 0 Å². The van der Waals surface area contributed by atoms with Crippen LogP contribution >= 0.6 is 0 Å². The summed E-state index contributed by atoms with van der Waals surface area (Å²) in [6.07, 6.45) is 2.77. The van der Waals surface area contributed by atoms with Gasteiger partial charge in [0.25, 0.3) is 0 Å². The van der Waals surface area contributed by atoms with Gasteiger partial charge in [0, 0.05) is 24.7 Å². The SMILES string of the molecule is CCOC(OC)Oc1c(CC=C(C)CCC(=O)O)c(OC)c(C)c2c1C(=O)OC2. The maximum Gasteiger partial charge on any atom is 0.342 e. The summed E-state index contributed by atoms with van der Waals surface area (Å²) in [7, 11) is 3.00. The van der Waals surface area contributed by atoms with Gasteiger partial charge in [-0.15, -0.1) is 0 Å². The van der Waals surface area contributed by atoms with E-state index in [1.807, 2.05) is 19.9 Å². The summed E-state index contributed by atoms with van der Waals surface area (Å²) >= 11 is 0. The lowest BCUT2D eigenvalue weighted by molar-refractivity contribution is -0.231. The molecule has 1 aromatic carbocycles. The van der Waals surface area contributed by atoms with Gasteiger partial charge in [-0.3, -0.25) is 4.79 Å². The van der Waals surface area contributed by atoms with Crippen LogP contribution in [0.1, 0.15) is 53.7 Å². The van der Waals surface area contributed by atoms with Crippen LogP contribution in [0.25, 0.3) is 0 Å². The topological polar surface area (TPSA) is 101 Å². The second-order valence-corrected chi connectivity index (χ2v) is 6.64. The average Bonchev–Trinajstić information content (AvgIpc) is 3.08. The first-order valence-electron chi connectivity index (χ1n) is 9.41. The van der Waals surface area contributed by atoms with E-state index in [1.54, 1.807) is 14.0 Å². The molecule has 1 heterocycles. The van der Waals surface area contributed by atoms with E-state index in [2.05, 4.69) is 0 Å². The van der Waals surface area contributed by atoms with Crippen molar-refractivity contribution in [1.29, 1.82) is 0 Å². The predicted molar refractivity (Wildman–Crippen MR) is 104 cm³/mol. The summed E-state index contributed by atoms with van der Waals surface area (Å²) in [5.41, 5.74) is 3.42. The summed E-state index contributed by atoms with van der Waals surface area (Å²) < 4.78 is 27.4. The van der Waals surface area contributed by atoms with Gasteiger partial charge in [-0.1, -0.05) is 11.6 Å². The van der Waals surface area contributed by atoms with Crippen molar-refractivity contribution < 1.29 is 38.4 Å². The monoisotopic (exact) mass is 408 g/mol. The van der Waals surface area contributed by atoms with E-state index in [-0.39, 0.29) is 13.0 Å². The Labute approximate surface area is 170 Å². The molecule has 1 aliphatic rings. The molecular formula is C21H28O8. The number of esters is 1. The van der Waals surface area contributed by atoms with Crippen LogP contribution in [-0.4, -0.2) is 44.3 Å². The fourth-order valence-corrected chi connectivity index (χ4v) is 3.20. The number of rotatable bonds is 11. The second-order valence-electron chi connectivity index (χ2n) is 6.64. The number of carbonyl (C=O) groups excluding carboxylic acids is 1. The Bertz CT molecular complexity index is 797. The molecular weight excluding hydrogens is 380 g/mol. The van der Waals surface area contributed by atoms with Crippen molar-refractivity contribution in [1.82, 2.24) is 0 Å². The Morgan fingerprint density at radius 2 is 2.00 bits per heavy atom. The zero-order chi connectivity index (χ0) is 21.6. The van der Waals surface area contributed by atoms with Gasteiger partial charge in [0.05, 0.1) is 13.7 Å². The number of allylic oxidation sites excluding steroid dienone is 2. The number of carboxylic acid groups (broad SMARTS) is 1. The molecule has 8 nitrogen and oxygen atoms in total. The van der Waals surface area contributed by atoms with E-state index in [4.69, 9.17) is 28.8 Å². The summed E-state index contributed by atoms with van der Waals surface area (Å²) in [6, 6.07) is 0. The number of ether oxygens (including phenoxy) is 5. The third-order valence-corrected chi connectivity index (χ3v) is 4.72. The molecule has 0 aromatic heterocycles. The average molecular weight is 408 g/mol. The fraction of sp³-hybridized carbons (Fsp3) is 0.524. The molecule has 0 saturated carbocycles. The summed E-state index contributed by atoms with van der Waals surface area (Å²) in [5, 5.41) is 8.88. The van der Waals surface area contributed by atoms with Crippen LogP contribution in [0.4, 0.5) is 0 Å². The molecule has 8 heteroatoms. The molecule has 29 heavy (non-hydrogen) atoms. The molecule has 0 radical (unpaired) electrons. The standard InChI is InChI=1S/C21H28O8/c1-6-27-21(26-5)29-19-14(9-7-12(2)8-10-16(22)23)18(25-4)13(3)15-11-28-20(24)17(15)19/h7,21H,6,8-11H2,1-5H3,(H,22,23). The van der Waals surface area contributed by atoms with E-state index in [1.165, 1.54) is 7.11 Å². The molecule has 0 fully saturated rings. The van der Waals surface area contributed by atoms with Gasteiger partial charge in [-0.2, -0.15) is 0 Å². The highest BCUT2D eigenvalue weighted by molar-refractivity contribution is 5.98. The van der Waals surface area contributed by atoms with Crippen molar-refractivity contribution >= 4 is 11.9 Å². The minimum absolute atomic E-state index is 0.0501. The van der Waals surface area contributed by atoms with Gasteiger partial charge < -0.3 is 28.8 Å². The van der Waals surface area contributed by atoms with Crippen molar-refractivity contribution in [2.75, 3.05) is 20.8 Å². The minimum atomic E-state index is -0.999. The Balaban J connectivity index is 2.52. The first-order valence-corrected chi connectivity index (χ1v) is 9.41. The van der Waals surface area contributed by atoms with Crippen molar-refractivity contribution in [3.05, 3.63) is 33.9 Å². The number of benzene rings is 1. The van der Waals surface area contributed by atoms with Gasteiger partial charge in [-0.05, 0) is 39.2 Å². The quantitative estimate of drug-likeness (QED) is 0.338. The largest absolute Gasteiger partial charge is 0.496 e. The van der Waals surface area contributed by atoms with Crippen molar-refractivity contribution in [3.8, 4) is 11.5 Å². The molecule has 1 aliphatic heterocycles. The highest BCUT2D eigenvalue weighted by atomic mass is 16.8. The zero-order valence-electron chi connectivity index (χ0n) is 17.5. The van der Waals surface area contributed by atoms with Crippen molar-refractivity contribution in [2.24, 2.45) is 0 Å². The van der Waals surface area contributed by atoms with Gasteiger partial charge >= 0.3 is 18.4 Å². The number of cyclic esters (lactones) is 1. The number of fused-ring (bicyclic) bond motifs is 1. The molecule has 0 aliphatic carbocycles. The molecule has 0 spiro atoms. The van der Waals surface area contributed by atoms with E-state index >= 15 is 0 Å². The van der Waals surface area contributed by atoms with Gasteiger partial charge in [-0.25, -0.2) is 4.79 Å². The molecule has 1 unspecified atom stereocenters. The first-order chi connectivity index (χ1) is 13.8. The number of hydrogen-bond acceptors (Lipinski definition) is 7.